The van der Waals surface area contributed by atoms with Crippen LogP contribution in [0.25, 0.3) is 11.0 Å². The van der Waals surface area contributed by atoms with Crippen molar-refractivity contribution < 1.29 is 13.9 Å². The maximum atomic E-state index is 13.0. The third kappa shape index (κ3) is 3.69. The molecule has 0 atom stereocenters. The SMILES string of the molecule is Cn1ncc2c(=O)n(CCC(=O)OCc3ccc(F)cc3Cl)cnc21. The molecular weight excluding hydrogens is 351 g/mol. The number of ether oxygens (including phenoxy) is 1. The Morgan fingerprint density at radius 1 is 1.40 bits per heavy atom. The minimum absolute atomic E-state index is 0.00777. The Bertz CT molecular complexity index is 999. The summed E-state index contributed by atoms with van der Waals surface area (Å²) in [4.78, 5) is 28.3. The molecule has 3 rings (SSSR count). The molecular formula is C16H14ClFN4O3. The normalized spacial score (nSPS) is 11.0. The van der Waals surface area contributed by atoms with Gasteiger partial charge in [0.2, 0.25) is 0 Å². The smallest absolute Gasteiger partial charge is 0.307 e. The van der Waals surface area contributed by atoms with Crippen molar-refractivity contribution in [2.24, 2.45) is 7.05 Å². The lowest BCUT2D eigenvalue weighted by atomic mass is 10.2. The third-order valence-corrected chi connectivity index (χ3v) is 4.03. The van der Waals surface area contributed by atoms with E-state index in [4.69, 9.17) is 16.3 Å². The van der Waals surface area contributed by atoms with Crippen molar-refractivity contribution in [2.75, 3.05) is 0 Å². The minimum atomic E-state index is -0.501. The van der Waals surface area contributed by atoms with Gasteiger partial charge < -0.3 is 4.74 Å². The number of benzene rings is 1. The fraction of sp³-hybridized carbons (Fsp3) is 0.250. The molecule has 0 aliphatic carbocycles. The first-order chi connectivity index (χ1) is 12.0. The zero-order valence-corrected chi connectivity index (χ0v) is 14.0. The van der Waals surface area contributed by atoms with Gasteiger partial charge in [0.05, 0.1) is 24.0 Å². The molecule has 0 N–H and O–H groups in total. The lowest BCUT2D eigenvalue weighted by molar-refractivity contribution is -0.145. The highest BCUT2D eigenvalue weighted by Gasteiger charge is 2.11. The molecule has 0 saturated heterocycles. The fourth-order valence-electron chi connectivity index (χ4n) is 2.31. The molecule has 2 heterocycles. The first-order valence-corrected chi connectivity index (χ1v) is 7.80. The number of hydrogen-bond donors (Lipinski definition) is 0. The molecule has 0 aliphatic rings. The molecule has 0 fully saturated rings. The van der Waals surface area contributed by atoms with Gasteiger partial charge in [-0.15, -0.1) is 0 Å². The predicted molar refractivity (Wildman–Crippen MR) is 88.6 cm³/mol. The quantitative estimate of drug-likeness (QED) is 0.647. The Labute approximate surface area is 146 Å². The summed E-state index contributed by atoms with van der Waals surface area (Å²) in [5.74, 6) is -0.962. The number of hydrogen-bond acceptors (Lipinski definition) is 5. The number of nitrogens with zero attached hydrogens (tertiary/aromatic N) is 4. The molecule has 130 valence electrons. The molecule has 0 radical (unpaired) electrons. The Kier molecular flexibility index (Phi) is 4.80. The van der Waals surface area contributed by atoms with E-state index in [-0.39, 0.29) is 30.2 Å². The molecule has 3 aromatic rings. The van der Waals surface area contributed by atoms with Crippen molar-refractivity contribution >= 4 is 28.6 Å². The number of esters is 1. The number of aryl methyl sites for hydroxylation is 2. The van der Waals surface area contributed by atoms with Crippen molar-refractivity contribution in [3.05, 3.63) is 57.5 Å². The topological polar surface area (TPSA) is 79.0 Å². The summed E-state index contributed by atoms with van der Waals surface area (Å²) in [5, 5.41) is 4.56. The highest BCUT2D eigenvalue weighted by Crippen LogP contribution is 2.18. The monoisotopic (exact) mass is 364 g/mol. The summed E-state index contributed by atoms with van der Waals surface area (Å²) in [7, 11) is 1.69. The third-order valence-electron chi connectivity index (χ3n) is 3.68. The molecule has 1 aromatic carbocycles. The number of fused-ring (bicyclic) bond motifs is 1. The zero-order valence-electron chi connectivity index (χ0n) is 13.3. The van der Waals surface area contributed by atoms with Gasteiger partial charge in [0.15, 0.2) is 5.65 Å². The first-order valence-electron chi connectivity index (χ1n) is 7.42. The van der Waals surface area contributed by atoms with Crippen LogP contribution in [0.3, 0.4) is 0 Å². The van der Waals surface area contributed by atoms with Gasteiger partial charge in [-0.05, 0) is 12.1 Å². The van der Waals surface area contributed by atoms with Gasteiger partial charge in [-0.2, -0.15) is 5.10 Å². The Balaban J connectivity index is 1.61. The summed E-state index contributed by atoms with van der Waals surface area (Å²) in [6.45, 7) is 0.0688. The highest BCUT2D eigenvalue weighted by atomic mass is 35.5. The molecule has 0 aliphatic heterocycles. The van der Waals surface area contributed by atoms with Gasteiger partial charge in [-0.1, -0.05) is 17.7 Å². The van der Waals surface area contributed by atoms with Crippen LogP contribution in [0.4, 0.5) is 4.39 Å². The Hall–Kier alpha value is -2.74. The van der Waals surface area contributed by atoms with E-state index in [2.05, 4.69) is 10.1 Å². The van der Waals surface area contributed by atoms with Gasteiger partial charge >= 0.3 is 5.97 Å². The Morgan fingerprint density at radius 2 is 2.20 bits per heavy atom. The van der Waals surface area contributed by atoms with E-state index >= 15 is 0 Å². The van der Waals surface area contributed by atoms with Gasteiger partial charge in [0.25, 0.3) is 5.56 Å². The molecule has 0 unspecified atom stereocenters. The van der Waals surface area contributed by atoms with Crippen molar-refractivity contribution in [3.63, 3.8) is 0 Å². The van der Waals surface area contributed by atoms with Crippen LogP contribution in [-0.2, 0) is 29.7 Å². The van der Waals surface area contributed by atoms with Gasteiger partial charge in [0, 0.05) is 19.2 Å². The van der Waals surface area contributed by atoms with Crippen LogP contribution in [0, 0.1) is 5.82 Å². The van der Waals surface area contributed by atoms with Crippen LogP contribution in [-0.4, -0.2) is 25.3 Å². The molecule has 7 nitrogen and oxygen atoms in total. The van der Waals surface area contributed by atoms with E-state index in [1.807, 2.05) is 0 Å². The van der Waals surface area contributed by atoms with Crippen molar-refractivity contribution in [1.29, 1.82) is 0 Å². The summed E-state index contributed by atoms with van der Waals surface area (Å²) in [5.41, 5.74) is 0.717. The molecule has 0 saturated carbocycles. The van der Waals surface area contributed by atoms with E-state index in [1.165, 1.54) is 33.9 Å². The van der Waals surface area contributed by atoms with Gasteiger partial charge in [0.1, 0.15) is 17.8 Å². The minimum Gasteiger partial charge on any atom is -0.461 e. The number of aromatic nitrogens is 4. The number of rotatable bonds is 5. The number of carbonyl (C=O) groups excluding carboxylic acids is 1. The molecule has 2 aromatic heterocycles. The standard InChI is InChI=1S/C16H14ClFN4O3/c1-21-15-12(7-20-21)16(24)22(9-19-15)5-4-14(23)25-8-10-2-3-11(18)6-13(10)17/h2-3,6-7,9H,4-5,8H2,1H3. The second kappa shape index (κ2) is 7.02. The van der Waals surface area contributed by atoms with E-state index in [9.17, 15) is 14.0 Å². The maximum Gasteiger partial charge on any atom is 0.307 e. The van der Waals surface area contributed by atoms with E-state index < -0.39 is 11.8 Å². The zero-order chi connectivity index (χ0) is 18.0. The second-order valence-corrected chi connectivity index (χ2v) is 5.80. The van der Waals surface area contributed by atoms with Crippen LogP contribution in [0.1, 0.15) is 12.0 Å². The molecule has 9 heteroatoms. The summed E-state index contributed by atoms with van der Waals surface area (Å²) >= 11 is 5.87. The number of halogens is 2. The van der Waals surface area contributed by atoms with Crippen molar-refractivity contribution in [3.8, 4) is 0 Å². The lowest BCUT2D eigenvalue weighted by Gasteiger charge is -2.08. The van der Waals surface area contributed by atoms with Crippen LogP contribution in [0.2, 0.25) is 5.02 Å². The van der Waals surface area contributed by atoms with Crippen LogP contribution in [0.5, 0.6) is 0 Å². The lowest BCUT2D eigenvalue weighted by Crippen LogP contribution is -2.22. The highest BCUT2D eigenvalue weighted by molar-refractivity contribution is 6.31. The number of carbonyl (C=O) groups is 1. The van der Waals surface area contributed by atoms with E-state index in [0.717, 1.165) is 6.07 Å². The summed E-state index contributed by atoms with van der Waals surface area (Å²) in [6.07, 6.45) is 2.80. The van der Waals surface area contributed by atoms with Crippen molar-refractivity contribution in [2.45, 2.75) is 19.6 Å². The molecule has 0 spiro atoms. The van der Waals surface area contributed by atoms with E-state index in [0.29, 0.717) is 16.6 Å². The van der Waals surface area contributed by atoms with Crippen molar-refractivity contribution in [1.82, 2.24) is 19.3 Å². The molecule has 25 heavy (non-hydrogen) atoms. The fourth-order valence-corrected chi connectivity index (χ4v) is 2.53. The average Bonchev–Trinajstić information content (AvgIpc) is 2.95. The largest absolute Gasteiger partial charge is 0.461 e. The predicted octanol–water partition coefficient (Wildman–Crippen LogP) is 2.06. The Morgan fingerprint density at radius 3 is 2.96 bits per heavy atom. The average molecular weight is 365 g/mol. The van der Waals surface area contributed by atoms with Gasteiger partial charge in [-0.25, -0.2) is 9.37 Å². The van der Waals surface area contributed by atoms with Crippen LogP contribution in [0.15, 0.2) is 35.5 Å². The first kappa shape index (κ1) is 17.1. The second-order valence-electron chi connectivity index (χ2n) is 5.39. The van der Waals surface area contributed by atoms with Crippen LogP contribution >= 0.6 is 11.6 Å². The van der Waals surface area contributed by atoms with Crippen LogP contribution < -0.4 is 5.56 Å². The van der Waals surface area contributed by atoms with Gasteiger partial charge in [-0.3, -0.25) is 18.8 Å². The maximum absolute atomic E-state index is 13.0. The molecule has 0 bridgehead atoms. The summed E-state index contributed by atoms with van der Waals surface area (Å²) in [6, 6.07) is 3.85. The molecule has 0 amide bonds. The van der Waals surface area contributed by atoms with E-state index in [1.54, 1.807) is 7.05 Å². The summed E-state index contributed by atoms with van der Waals surface area (Å²) < 4.78 is 20.9.